The van der Waals surface area contributed by atoms with E-state index in [-0.39, 0.29) is 12.5 Å². The van der Waals surface area contributed by atoms with Crippen molar-refractivity contribution < 1.29 is 4.79 Å². The number of nitrogens with one attached hydrogen (secondary N) is 1. The number of thiazole rings is 1. The molecular formula is C14H17ClN4OS. The Labute approximate surface area is 132 Å². The highest BCUT2D eigenvalue weighted by atomic mass is 35.5. The molecule has 3 N–H and O–H groups in total. The Balaban J connectivity index is 1.90. The normalized spacial score (nSPS) is 10.9. The van der Waals surface area contributed by atoms with Crippen LogP contribution in [0.15, 0.2) is 23.6 Å². The summed E-state index contributed by atoms with van der Waals surface area (Å²) in [6, 6.07) is 4.99. The molecule has 0 atom stereocenters. The van der Waals surface area contributed by atoms with Crippen LogP contribution in [0.2, 0.25) is 5.02 Å². The minimum atomic E-state index is -0.142. The lowest BCUT2D eigenvalue weighted by Gasteiger charge is -2.15. The van der Waals surface area contributed by atoms with Gasteiger partial charge in [-0.15, -0.1) is 11.3 Å². The molecule has 1 heterocycles. The lowest BCUT2D eigenvalue weighted by atomic mass is 10.3. The molecule has 0 aliphatic carbocycles. The number of benzene rings is 1. The van der Waals surface area contributed by atoms with Gasteiger partial charge in [-0.2, -0.15) is 0 Å². The highest BCUT2D eigenvalue weighted by Gasteiger charge is 2.11. The van der Waals surface area contributed by atoms with Crippen molar-refractivity contribution >= 4 is 40.2 Å². The minimum Gasteiger partial charge on any atom is -0.399 e. The molecule has 21 heavy (non-hydrogen) atoms. The Morgan fingerprint density at radius 2 is 2.29 bits per heavy atom. The number of amides is 1. The SMILES string of the molecule is Cc1nc(CN(C)CC(=O)Nc2cc(N)ccc2Cl)cs1. The van der Waals surface area contributed by atoms with Crippen LogP contribution in [0.5, 0.6) is 0 Å². The summed E-state index contributed by atoms with van der Waals surface area (Å²) in [5.74, 6) is -0.142. The van der Waals surface area contributed by atoms with Crippen molar-refractivity contribution in [1.82, 2.24) is 9.88 Å². The molecule has 0 radical (unpaired) electrons. The number of likely N-dealkylation sites (N-methyl/N-ethyl adjacent to an activating group) is 1. The fourth-order valence-electron chi connectivity index (χ4n) is 1.89. The van der Waals surface area contributed by atoms with Crippen molar-refractivity contribution in [3.63, 3.8) is 0 Å². The lowest BCUT2D eigenvalue weighted by Crippen LogP contribution is -2.30. The number of rotatable bonds is 5. The number of nitrogens with two attached hydrogens (primary N) is 1. The standard InChI is InChI=1S/C14H17ClN4OS/c1-9-17-11(8-21-9)6-19(2)7-14(20)18-13-5-10(16)3-4-12(13)15/h3-5,8H,6-7,16H2,1-2H3,(H,18,20). The summed E-state index contributed by atoms with van der Waals surface area (Å²) < 4.78 is 0. The maximum Gasteiger partial charge on any atom is 0.238 e. The quantitative estimate of drug-likeness (QED) is 0.830. The van der Waals surface area contributed by atoms with Crippen LogP contribution in [0.4, 0.5) is 11.4 Å². The zero-order valence-corrected chi connectivity index (χ0v) is 13.5. The molecule has 1 amide bonds. The minimum absolute atomic E-state index is 0.142. The number of hydrogen-bond acceptors (Lipinski definition) is 5. The highest BCUT2D eigenvalue weighted by Crippen LogP contribution is 2.23. The van der Waals surface area contributed by atoms with Gasteiger partial charge >= 0.3 is 0 Å². The van der Waals surface area contributed by atoms with Gasteiger partial charge in [0.25, 0.3) is 0 Å². The van der Waals surface area contributed by atoms with Crippen LogP contribution < -0.4 is 11.1 Å². The summed E-state index contributed by atoms with van der Waals surface area (Å²) >= 11 is 7.62. The molecule has 0 spiro atoms. The molecule has 0 aliphatic rings. The number of aryl methyl sites for hydroxylation is 1. The van der Waals surface area contributed by atoms with Crippen molar-refractivity contribution in [2.75, 3.05) is 24.6 Å². The van der Waals surface area contributed by atoms with E-state index in [0.29, 0.717) is 22.9 Å². The van der Waals surface area contributed by atoms with Gasteiger partial charge in [-0.05, 0) is 32.2 Å². The third-order valence-corrected chi connectivity index (χ3v) is 3.93. The second kappa shape index (κ2) is 6.89. The number of anilines is 2. The van der Waals surface area contributed by atoms with E-state index >= 15 is 0 Å². The average Bonchev–Trinajstić information content (AvgIpc) is 2.79. The van der Waals surface area contributed by atoms with E-state index < -0.39 is 0 Å². The molecule has 0 aliphatic heterocycles. The van der Waals surface area contributed by atoms with Gasteiger partial charge in [0, 0.05) is 17.6 Å². The van der Waals surface area contributed by atoms with Gasteiger partial charge < -0.3 is 11.1 Å². The zero-order valence-electron chi connectivity index (χ0n) is 11.9. The molecule has 2 rings (SSSR count). The number of nitrogens with zero attached hydrogens (tertiary/aromatic N) is 2. The molecule has 7 heteroatoms. The number of aromatic nitrogens is 1. The molecule has 5 nitrogen and oxygen atoms in total. The maximum atomic E-state index is 12.0. The van der Waals surface area contributed by atoms with Crippen LogP contribution in [-0.4, -0.2) is 29.4 Å². The van der Waals surface area contributed by atoms with E-state index in [2.05, 4.69) is 10.3 Å². The highest BCUT2D eigenvalue weighted by molar-refractivity contribution is 7.09. The van der Waals surface area contributed by atoms with Gasteiger partial charge in [-0.25, -0.2) is 4.98 Å². The number of carbonyl (C=O) groups is 1. The predicted octanol–water partition coefficient (Wildman–Crippen LogP) is 2.76. The van der Waals surface area contributed by atoms with Crippen molar-refractivity contribution in [2.45, 2.75) is 13.5 Å². The summed E-state index contributed by atoms with van der Waals surface area (Å²) in [7, 11) is 1.87. The molecular weight excluding hydrogens is 308 g/mol. The second-order valence-electron chi connectivity index (χ2n) is 4.82. The summed E-state index contributed by atoms with van der Waals surface area (Å²) in [5.41, 5.74) is 7.73. The van der Waals surface area contributed by atoms with Crippen LogP contribution in [0.25, 0.3) is 0 Å². The molecule has 0 saturated carbocycles. The van der Waals surface area contributed by atoms with Crippen LogP contribution >= 0.6 is 22.9 Å². The van der Waals surface area contributed by atoms with E-state index in [1.54, 1.807) is 29.5 Å². The van der Waals surface area contributed by atoms with Crippen LogP contribution in [0, 0.1) is 6.92 Å². The first-order valence-electron chi connectivity index (χ1n) is 6.38. The Morgan fingerprint density at radius 3 is 2.95 bits per heavy atom. The Morgan fingerprint density at radius 1 is 1.52 bits per heavy atom. The van der Waals surface area contributed by atoms with Gasteiger partial charge in [0.15, 0.2) is 0 Å². The van der Waals surface area contributed by atoms with E-state index in [0.717, 1.165) is 10.7 Å². The molecule has 0 saturated heterocycles. The molecule has 0 bridgehead atoms. The van der Waals surface area contributed by atoms with Crippen molar-refractivity contribution in [3.8, 4) is 0 Å². The first kappa shape index (κ1) is 15.8. The monoisotopic (exact) mass is 324 g/mol. The topological polar surface area (TPSA) is 71.2 Å². The summed E-state index contributed by atoms with van der Waals surface area (Å²) in [5, 5.41) is 6.25. The van der Waals surface area contributed by atoms with E-state index in [1.807, 2.05) is 24.3 Å². The van der Waals surface area contributed by atoms with Gasteiger partial charge in [0.05, 0.1) is 28.0 Å². The third-order valence-electron chi connectivity index (χ3n) is 2.78. The largest absolute Gasteiger partial charge is 0.399 e. The summed E-state index contributed by atoms with van der Waals surface area (Å²) in [6.07, 6.45) is 0. The average molecular weight is 325 g/mol. The first-order valence-corrected chi connectivity index (χ1v) is 7.64. The first-order chi connectivity index (χ1) is 9.94. The Hall–Kier alpha value is -1.63. The molecule has 0 unspecified atom stereocenters. The van der Waals surface area contributed by atoms with E-state index in [1.165, 1.54) is 0 Å². The van der Waals surface area contributed by atoms with Gasteiger partial charge in [-0.3, -0.25) is 9.69 Å². The Bertz CT molecular complexity index is 644. The number of carbonyl (C=O) groups excluding carboxylic acids is 1. The molecule has 1 aromatic carbocycles. The van der Waals surface area contributed by atoms with E-state index in [4.69, 9.17) is 17.3 Å². The van der Waals surface area contributed by atoms with Gasteiger partial charge in [-0.1, -0.05) is 11.6 Å². The molecule has 112 valence electrons. The fourth-order valence-corrected chi connectivity index (χ4v) is 2.66. The van der Waals surface area contributed by atoms with Crippen LogP contribution in [0.1, 0.15) is 10.7 Å². The Kier molecular flexibility index (Phi) is 5.17. The third kappa shape index (κ3) is 4.70. The zero-order chi connectivity index (χ0) is 15.4. The lowest BCUT2D eigenvalue weighted by molar-refractivity contribution is -0.117. The van der Waals surface area contributed by atoms with Crippen molar-refractivity contribution in [2.24, 2.45) is 0 Å². The summed E-state index contributed by atoms with van der Waals surface area (Å²) in [6.45, 7) is 2.84. The molecule has 1 aromatic heterocycles. The summed E-state index contributed by atoms with van der Waals surface area (Å²) in [4.78, 5) is 18.3. The fraction of sp³-hybridized carbons (Fsp3) is 0.286. The molecule has 0 fully saturated rings. The number of nitrogen functional groups attached to an aromatic ring is 1. The maximum absolute atomic E-state index is 12.0. The van der Waals surface area contributed by atoms with Gasteiger partial charge in [0.2, 0.25) is 5.91 Å². The van der Waals surface area contributed by atoms with Crippen LogP contribution in [0.3, 0.4) is 0 Å². The number of halogens is 1. The number of hydrogen-bond donors (Lipinski definition) is 2. The van der Waals surface area contributed by atoms with Crippen molar-refractivity contribution in [3.05, 3.63) is 39.3 Å². The predicted molar refractivity (Wildman–Crippen MR) is 87.7 cm³/mol. The van der Waals surface area contributed by atoms with Crippen LogP contribution in [-0.2, 0) is 11.3 Å². The molecule has 2 aromatic rings. The van der Waals surface area contributed by atoms with E-state index in [9.17, 15) is 4.79 Å². The second-order valence-corrected chi connectivity index (χ2v) is 6.29. The van der Waals surface area contributed by atoms with Crippen molar-refractivity contribution in [1.29, 1.82) is 0 Å². The smallest absolute Gasteiger partial charge is 0.238 e. The van der Waals surface area contributed by atoms with Gasteiger partial charge in [0.1, 0.15) is 0 Å².